The van der Waals surface area contributed by atoms with E-state index >= 15 is 0 Å². The molecule has 3 aromatic rings. The zero-order valence-electron chi connectivity index (χ0n) is 14.0. The first-order valence-electron chi connectivity index (χ1n) is 7.82. The van der Waals surface area contributed by atoms with E-state index in [9.17, 15) is 14.0 Å². The van der Waals surface area contributed by atoms with E-state index in [1.807, 2.05) is 0 Å². The van der Waals surface area contributed by atoms with Crippen LogP contribution in [0.2, 0.25) is 0 Å². The quantitative estimate of drug-likeness (QED) is 0.716. The van der Waals surface area contributed by atoms with Crippen molar-refractivity contribution in [2.75, 3.05) is 12.4 Å². The topological polar surface area (TPSA) is 73.2 Å². The summed E-state index contributed by atoms with van der Waals surface area (Å²) < 4.78 is 19.4. The molecule has 0 radical (unpaired) electrons. The summed E-state index contributed by atoms with van der Waals surface area (Å²) in [6.45, 7) is 0.390. The third kappa shape index (κ3) is 4.13. The highest BCUT2D eigenvalue weighted by Gasteiger charge is 2.10. The second-order valence-electron chi connectivity index (χ2n) is 5.58. The summed E-state index contributed by atoms with van der Waals surface area (Å²) in [5.74, 6) is -1.10. The third-order valence-corrected chi connectivity index (χ3v) is 3.69. The van der Waals surface area contributed by atoms with Gasteiger partial charge in [0.1, 0.15) is 5.82 Å². The Bertz CT molecular complexity index is 935. The molecule has 0 aliphatic rings. The van der Waals surface area contributed by atoms with Gasteiger partial charge in [-0.25, -0.2) is 9.18 Å². The summed E-state index contributed by atoms with van der Waals surface area (Å²) >= 11 is 0. The highest BCUT2D eigenvalue weighted by molar-refractivity contribution is 6.04. The van der Waals surface area contributed by atoms with E-state index in [1.54, 1.807) is 35.1 Å². The minimum Gasteiger partial charge on any atom is -0.465 e. The van der Waals surface area contributed by atoms with Crippen LogP contribution in [-0.4, -0.2) is 28.8 Å². The second kappa shape index (κ2) is 7.60. The summed E-state index contributed by atoms with van der Waals surface area (Å²) in [5.41, 5.74) is 2.05. The van der Waals surface area contributed by atoms with Crippen LogP contribution in [-0.2, 0) is 11.3 Å². The van der Waals surface area contributed by atoms with Gasteiger partial charge in [0.05, 0.1) is 31.1 Å². The highest BCUT2D eigenvalue weighted by atomic mass is 19.1. The van der Waals surface area contributed by atoms with Gasteiger partial charge >= 0.3 is 5.97 Å². The van der Waals surface area contributed by atoms with Crippen LogP contribution in [0.3, 0.4) is 0 Å². The molecule has 0 saturated carbocycles. The highest BCUT2D eigenvalue weighted by Crippen LogP contribution is 2.12. The van der Waals surface area contributed by atoms with Gasteiger partial charge in [0.25, 0.3) is 5.91 Å². The fourth-order valence-electron chi connectivity index (χ4n) is 2.42. The van der Waals surface area contributed by atoms with E-state index in [0.29, 0.717) is 23.4 Å². The number of hydrogen-bond acceptors (Lipinski definition) is 4. The van der Waals surface area contributed by atoms with E-state index < -0.39 is 5.97 Å². The Morgan fingerprint density at radius 2 is 1.88 bits per heavy atom. The number of esters is 1. The average molecular weight is 353 g/mol. The maximum Gasteiger partial charge on any atom is 0.337 e. The van der Waals surface area contributed by atoms with E-state index in [-0.39, 0.29) is 11.7 Å². The number of ether oxygens (including phenoxy) is 1. The SMILES string of the molecule is COC(=O)c1ccc(C(=O)Nc2cnn(Cc3cccc(F)c3)c2)cc1. The maximum atomic E-state index is 13.2. The van der Waals surface area contributed by atoms with Crippen LogP contribution in [0.25, 0.3) is 0 Å². The molecule has 2 aromatic carbocycles. The van der Waals surface area contributed by atoms with Crippen LogP contribution in [0.5, 0.6) is 0 Å². The van der Waals surface area contributed by atoms with Crippen LogP contribution >= 0.6 is 0 Å². The number of benzene rings is 2. The summed E-state index contributed by atoms with van der Waals surface area (Å²) in [6, 6.07) is 12.4. The molecule has 0 atom stereocenters. The van der Waals surface area contributed by atoms with E-state index in [0.717, 1.165) is 5.56 Å². The predicted octanol–water partition coefficient (Wildman–Crippen LogP) is 3.11. The number of nitrogens with zero attached hydrogens (tertiary/aromatic N) is 2. The molecule has 1 amide bonds. The number of aromatic nitrogens is 2. The monoisotopic (exact) mass is 353 g/mol. The third-order valence-electron chi connectivity index (χ3n) is 3.69. The maximum absolute atomic E-state index is 13.2. The largest absolute Gasteiger partial charge is 0.465 e. The van der Waals surface area contributed by atoms with Gasteiger partial charge in [0.2, 0.25) is 0 Å². The number of anilines is 1. The first-order valence-corrected chi connectivity index (χ1v) is 7.82. The van der Waals surface area contributed by atoms with Gasteiger partial charge < -0.3 is 10.1 Å². The number of rotatable bonds is 5. The number of nitrogens with one attached hydrogen (secondary N) is 1. The molecule has 0 aliphatic carbocycles. The summed E-state index contributed by atoms with van der Waals surface area (Å²) in [4.78, 5) is 23.7. The van der Waals surface area contributed by atoms with E-state index in [4.69, 9.17) is 0 Å². The molecule has 132 valence electrons. The normalized spacial score (nSPS) is 10.4. The zero-order valence-corrected chi connectivity index (χ0v) is 14.0. The first kappa shape index (κ1) is 17.3. The fraction of sp³-hybridized carbons (Fsp3) is 0.105. The standard InChI is InChI=1S/C19H16FN3O3/c1-26-19(25)15-7-5-14(6-8-15)18(24)22-17-10-21-23(12-17)11-13-3-2-4-16(20)9-13/h2-10,12H,11H2,1H3,(H,22,24). The fourth-order valence-corrected chi connectivity index (χ4v) is 2.42. The lowest BCUT2D eigenvalue weighted by Gasteiger charge is -2.04. The van der Waals surface area contributed by atoms with E-state index in [2.05, 4.69) is 15.2 Å². The number of hydrogen-bond donors (Lipinski definition) is 1. The molecule has 0 unspecified atom stereocenters. The first-order chi connectivity index (χ1) is 12.5. The summed E-state index contributed by atoms with van der Waals surface area (Å²) in [6.07, 6.45) is 3.17. The van der Waals surface area contributed by atoms with Crippen molar-refractivity contribution in [1.29, 1.82) is 0 Å². The molecule has 0 aliphatic heterocycles. The Morgan fingerprint density at radius 1 is 1.15 bits per heavy atom. The Hall–Kier alpha value is -3.48. The van der Waals surface area contributed by atoms with Crippen molar-refractivity contribution < 1.29 is 18.7 Å². The van der Waals surface area contributed by atoms with Crippen molar-refractivity contribution in [3.63, 3.8) is 0 Å². The smallest absolute Gasteiger partial charge is 0.337 e. The van der Waals surface area contributed by atoms with Crippen LogP contribution in [0.1, 0.15) is 26.3 Å². The van der Waals surface area contributed by atoms with Gasteiger partial charge in [0, 0.05) is 11.8 Å². The molecule has 26 heavy (non-hydrogen) atoms. The van der Waals surface area contributed by atoms with Crippen molar-refractivity contribution in [1.82, 2.24) is 9.78 Å². The summed E-state index contributed by atoms with van der Waals surface area (Å²) in [5, 5.41) is 6.88. The molecule has 1 N–H and O–H groups in total. The van der Waals surface area contributed by atoms with Crippen LogP contribution in [0.4, 0.5) is 10.1 Å². The molecular weight excluding hydrogens is 337 g/mol. The zero-order chi connectivity index (χ0) is 18.5. The molecule has 1 heterocycles. The lowest BCUT2D eigenvalue weighted by Crippen LogP contribution is -2.12. The van der Waals surface area contributed by atoms with Crippen molar-refractivity contribution in [3.05, 3.63) is 83.4 Å². The lowest BCUT2D eigenvalue weighted by molar-refractivity contribution is 0.0600. The number of halogens is 1. The Labute approximate surface area is 149 Å². The molecule has 7 heteroatoms. The minimum absolute atomic E-state index is 0.307. The van der Waals surface area contributed by atoms with Crippen LogP contribution in [0.15, 0.2) is 60.9 Å². The van der Waals surface area contributed by atoms with Gasteiger partial charge in [0.15, 0.2) is 0 Å². The van der Waals surface area contributed by atoms with Gasteiger partial charge in [-0.3, -0.25) is 9.48 Å². The Kier molecular flexibility index (Phi) is 5.07. The molecule has 0 saturated heterocycles. The minimum atomic E-state index is -0.462. The van der Waals surface area contributed by atoms with Crippen molar-refractivity contribution >= 4 is 17.6 Å². The lowest BCUT2D eigenvalue weighted by atomic mass is 10.1. The van der Waals surface area contributed by atoms with Crippen LogP contribution in [0, 0.1) is 5.82 Å². The molecule has 3 rings (SSSR count). The molecule has 0 fully saturated rings. The molecule has 6 nitrogen and oxygen atoms in total. The van der Waals surface area contributed by atoms with Crippen molar-refractivity contribution in [2.24, 2.45) is 0 Å². The molecule has 0 spiro atoms. The van der Waals surface area contributed by atoms with Gasteiger partial charge in [-0.1, -0.05) is 12.1 Å². The number of amides is 1. The summed E-state index contributed by atoms with van der Waals surface area (Å²) in [7, 11) is 1.30. The average Bonchev–Trinajstić information content (AvgIpc) is 3.08. The Morgan fingerprint density at radius 3 is 2.58 bits per heavy atom. The number of carbonyl (C=O) groups is 2. The number of carbonyl (C=O) groups excluding carboxylic acids is 2. The number of methoxy groups -OCH3 is 1. The van der Waals surface area contributed by atoms with Gasteiger partial charge in [-0.2, -0.15) is 5.10 Å². The molecule has 0 bridgehead atoms. The predicted molar refractivity (Wildman–Crippen MR) is 93.5 cm³/mol. The molecule has 1 aromatic heterocycles. The van der Waals surface area contributed by atoms with Gasteiger partial charge in [-0.05, 0) is 42.0 Å². The van der Waals surface area contributed by atoms with Crippen molar-refractivity contribution in [3.8, 4) is 0 Å². The van der Waals surface area contributed by atoms with E-state index in [1.165, 1.54) is 37.6 Å². The van der Waals surface area contributed by atoms with Crippen molar-refractivity contribution in [2.45, 2.75) is 6.54 Å². The Balaban J connectivity index is 1.65. The molecular formula is C19H16FN3O3. The second-order valence-corrected chi connectivity index (χ2v) is 5.58. The van der Waals surface area contributed by atoms with Gasteiger partial charge in [-0.15, -0.1) is 0 Å². The van der Waals surface area contributed by atoms with Crippen LogP contribution < -0.4 is 5.32 Å².